The Balaban J connectivity index is 0.000000190. The molecule has 0 atom stereocenters. The Hall–Kier alpha value is -3.12. The average molecular weight is 376 g/mol. The Kier molecular flexibility index (Phi) is 6.14. The summed E-state index contributed by atoms with van der Waals surface area (Å²) in [5.41, 5.74) is 6.03. The minimum Gasteiger partial charge on any atom is -0.507 e. The van der Waals surface area contributed by atoms with E-state index in [1.54, 1.807) is 25.3 Å². The Labute approximate surface area is 155 Å². The summed E-state index contributed by atoms with van der Waals surface area (Å²) in [6.07, 6.45) is 0. The predicted molar refractivity (Wildman–Crippen MR) is 102 cm³/mol. The number of aromatic hydroxyl groups is 1. The maximum Gasteiger partial charge on any atom is 0.339 e. The van der Waals surface area contributed by atoms with Crippen LogP contribution in [0.2, 0.25) is 5.02 Å². The fourth-order valence-electron chi connectivity index (χ4n) is 2.28. The average Bonchev–Trinajstić information content (AvgIpc) is 2.61. The Morgan fingerprint density at radius 1 is 1.00 bits per heavy atom. The first kappa shape index (κ1) is 19.2. The van der Waals surface area contributed by atoms with Gasteiger partial charge in [0.25, 0.3) is 0 Å². The number of ether oxygens (including phenoxy) is 2. The van der Waals surface area contributed by atoms with Crippen LogP contribution in [0.4, 0.5) is 5.69 Å². The molecule has 26 heavy (non-hydrogen) atoms. The highest BCUT2D eigenvalue weighted by atomic mass is 35.5. The second-order valence-electron chi connectivity index (χ2n) is 5.25. The maximum atomic E-state index is 10.7. The van der Waals surface area contributed by atoms with E-state index in [-0.39, 0.29) is 11.3 Å². The molecule has 0 saturated carbocycles. The largest absolute Gasteiger partial charge is 0.507 e. The fraction of sp³-hybridized carbons (Fsp3) is 0.105. The predicted octanol–water partition coefficient (Wildman–Crippen LogP) is 4.18. The standard InChI is InChI=1S/C11H8O3.C8H10ClNO2/c12-10-6-8-4-2-1-3-7(8)5-9(10)11(13)14;1-11-7-4-8(12-2)6(10)3-5(7)9/h1-6,12H,(H,13,14);3-4H,10H2,1-2H3. The van der Waals surface area contributed by atoms with Crippen LogP contribution in [-0.2, 0) is 0 Å². The van der Waals surface area contributed by atoms with E-state index in [0.717, 1.165) is 10.8 Å². The van der Waals surface area contributed by atoms with Gasteiger partial charge in [-0.05, 0) is 29.0 Å². The van der Waals surface area contributed by atoms with Crippen LogP contribution in [0.3, 0.4) is 0 Å². The van der Waals surface area contributed by atoms with Gasteiger partial charge in [-0.1, -0.05) is 35.9 Å². The summed E-state index contributed by atoms with van der Waals surface area (Å²) in [5, 5.41) is 20.3. The van der Waals surface area contributed by atoms with Crippen LogP contribution in [-0.4, -0.2) is 30.4 Å². The molecule has 0 aromatic heterocycles. The molecule has 0 radical (unpaired) electrons. The van der Waals surface area contributed by atoms with E-state index in [2.05, 4.69) is 0 Å². The summed E-state index contributed by atoms with van der Waals surface area (Å²) in [4.78, 5) is 10.7. The molecule has 4 N–H and O–H groups in total. The molecule has 0 bridgehead atoms. The van der Waals surface area contributed by atoms with Crippen molar-refractivity contribution in [2.24, 2.45) is 0 Å². The molecule has 0 unspecified atom stereocenters. The minimum atomic E-state index is -1.12. The molecule has 136 valence electrons. The number of fused-ring (bicyclic) bond motifs is 1. The first-order chi connectivity index (χ1) is 12.4. The Bertz CT molecular complexity index is 917. The molecule has 3 aromatic rings. The molecule has 0 amide bonds. The number of methoxy groups -OCH3 is 2. The summed E-state index contributed by atoms with van der Waals surface area (Å²) >= 11 is 5.80. The van der Waals surface area contributed by atoms with Crippen LogP contribution in [0.25, 0.3) is 10.8 Å². The van der Waals surface area contributed by atoms with Crippen LogP contribution in [0.15, 0.2) is 48.5 Å². The zero-order valence-corrected chi connectivity index (χ0v) is 14.9. The normalized spacial score (nSPS) is 9.96. The highest BCUT2D eigenvalue weighted by molar-refractivity contribution is 6.32. The number of halogens is 1. The van der Waals surface area contributed by atoms with E-state index in [9.17, 15) is 9.90 Å². The third kappa shape index (κ3) is 4.29. The van der Waals surface area contributed by atoms with Gasteiger partial charge in [0.1, 0.15) is 22.8 Å². The molecule has 0 fully saturated rings. The van der Waals surface area contributed by atoms with Crippen molar-refractivity contribution in [3.05, 3.63) is 59.1 Å². The van der Waals surface area contributed by atoms with E-state index in [4.69, 9.17) is 31.9 Å². The number of carboxylic acids is 1. The number of phenols is 1. The van der Waals surface area contributed by atoms with Crippen molar-refractivity contribution in [3.63, 3.8) is 0 Å². The number of anilines is 1. The SMILES string of the molecule is COc1cc(OC)c(Cl)cc1N.O=C(O)c1cc2ccccc2cc1O. The molecule has 0 heterocycles. The van der Waals surface area contributed by atoms with E-state index in [0.29, 0.717) is 22.2 Å². The molecular formula is C19H18ClNO5. The van der Waals surface area contributed by atoms with E-state index < -0.39 is 5.97 Å². The molecule has 6 nitrogen and oxygen atoms in total. The van der Waals surface area contributed by atoms with Crippen LogP contribution >= 0.6 is 11.6 Å². The fourth-order valence-corrected chi connectivity index (χ4v) is 2.53. The van der Waals surface area contributed by atoms with Crippen LogP contribution in [0, 0.1) is 0 Å². The van der Waals surface area contributed by atoms with Crippen molar-refractivity contribution in [3.8, 4) is 17.2 Å². The topological polar surface area (TPSA) is 102 Å². The molecule has 0 aliphatic carbocycles. The Morgan fingerprint density at radius 3 is 2.12 bits per heavy atom. The van der Waals surface area contributed by atoms with Gasteiger partial charge in [0.2, 0.25) is 0 Å². The van der Waals surface area contributed by atoms with Gasteiger partial charge in [0.15, 0.2) is 0 Å². The second-order valence-corrected chi connectivity index (χ2v) is 5.66. The first-order valence-corrected chi connectivity index (χ1v) is 7.87. The third-order valence-electron chi connectivity index (χ3n) is 3.60. The molecule has 3 aromatic carbocycles. The molecule has 0 saturated heterocycles. The smallest absolute Gasteiger partial charge is 0.339 e. The summed E-state index contributed by atoms with van der Waals surface area (Å²) in [6, 6.07) is 13.5. The van der Waals surface area contributed by atoms with Crippen LogP contribution < -0.4 is 15.2 Å². The summed E-state index contributed by atoms with van der Waals surface area (Å²) in [7, 11) is 3.08. The number of rotatable bonds is 3. The molecule has 7 heteroatoms. The van der Waals surface area contributed by atoms with Crippen molar-refractivity contribution in [1.29, 1.82) is 0 Å². The van der Waals surface area contributed by atoms with Crippen LogP contribution in [0.1, 0.15) is 10.4 Å². The number of nitrogens with two attached hydrogens (primary N) is 1. The number of nitrogen functional groups attached to an aromatic ring is 1. The van der Waals surface area contributed by atoms with Crippen molar-refractivity contribution in [2.45, 2.75) is 0 Å². The van der Waals surface area contributed by atoms with Gasteiger partial charge in [0.05, 0.1) is 24.9 Å². The zero-order chi connectivity index (χ0) is 19.3. The molecule has 3 rings (SSSR count). The third-order valence-corrected chi connectivity index (χ3v) is 3.89. The van der Waals surface area contributed by atoms with Crippen molar-refractivity contribution in [1.82, 2.24) is 0 Å². The van der Waals surface area contributed by atoms with E-state index in [1.807, 2.05) is 18.2 Å². The van der Waals surface area contributed by atoms with Gasteiger partial charge < -0.3 is 25.4 Å². The highest BCUT2D eigenvalue weighted by Crippen LogP contribution is 2.33. The lowest BCUT2D eigenvalue weighted by molar-refractivity contribution is 0.0694. The molecule has 0 spiro atoms. The molecule has 0 aliphatic heterocycles. The summed E-state index contributed by atoms with van der Waals surface area (Å²) in [6.45, 7) is 0. The number of hydrogen-bond donors (Lipinski definition) is 3. The first-order valence-electron chi connectivity index (χ1n) is 7.49. The van der Waals surface area contributed by atoms with Gasteiger partial charge in [-0.15, -0.1) is 0 Å². The van der Waals surface area contributed by atoms with Gasteiger partial charge in [0, 0.05) is 6.07 Å². The van der Waals surface area contributed by atoms with Crippen molar-refractivity contribution < 1.29 is 24.5 Å². The number of aromatic carboxylic acids is 1. The molecule has 0 aliphatic rings. The number of benzene rings is 3. The number of carboxylic acid groups (broad SMARTS) is 1. The minimum absolute atomic E-state index is 0.0660. The van der Waals surface area contributed by atoms with E-state index >= 15 is 0 Å². The monoisotopic (exact) mass is 375 g/mol. The van der Waals surface area contributed by atoms with E-state index in [1.165, 1.54) is 19.2 Å². The van der Waals surface area contributed by atoms with Crippen molar-refractivity contribution in [2.75, 3.05) is 20.0 Å². The highest BCUT2D eigenvalue weighted by Gasteiger charge is 2.10. The second kappa shape index (κ2) is 8.31. The van der Waals surface area contributed by atoms with Gasteiger partial charge >= 0.3 is 5.97 Å². The number of hydrogen-bond acceptors (Lipinski definition) is 5. The lowest BCUT2D eigenvalue weighted by Gasteiger charge is -2.08. The summed E-state index contributed by atoms with van der Waals surface area (Å²) < 4.78 is 9.95. The van der Waals surface area contributed by atoms with Gasteiger partial charge in [-0.25, -0.2) is 4.79 Å². The van der Waals surface area contributed by atoms with Gasteiger partial charge in [-0.3, -0.25) is 0 Å². The molecular weight excluding hydrogens is 358 g/mol. The lowest BCUT2D eigenvalue weighted by Crippen LogP contribution is -1.96. The van der Waals surface area contributed by atoms with Gasteiger partial charge in [-0.2, -0.15) is 0 Å². The lowest BCUT2D eigenvalue weighted by atomic mass is 10.1. The quantitative estimate of drug-likeness (QED) is 0.593. The maximum absolute atomic E-state index is 10.7. The van der Waals surface area contributed by atoms with Crippen molar-refractivity contribution >= 4 is 34.0 Å². The summed E-state index contributed by atoms with van der Waals surface area (Å²) in [5.74, 6) is -0.191. The Morgan fingerprint density at radius 2 is 1.58 bits per heavy atom. The zero-order valence-electron chi connectivity index (χ0n) is 14.2. The number of carbonyl (C=O) groups is 1. The van der Waals surface area contributed by atoms with Crippen LogP contribution in [0.5, 0.6) is 17.2 Å².